The molecule has 2 unspecified atom stereocenters. The lowest BCUT2D eigenvalue weighted by molar-refractivity contribution is -0.126. The van der Waals surface area contributed by atoms with Crippen molar-refractivity contribution in [2.75, 3.05) is 0 Å². The molecule has 0 aromatic rings. The number of rotatable bonds is 4. The van der Waals surface area contributed by atoms with E-state index in [9.17, 15) is 4.79 Å². The largest absolute Gasteiger partial charge is 0.321 e. The van der Waals surface area contributed by atoms with Gasteiger partial charge < -0.3 is 5.73 Å². The van der Waals surface area contributed by atoms with Crippen LogP contribution in [0, 0.1) is 11.8 Å². The summed E-state index contributed by atoms with van der Waals surface area (Å²) in [6.07, 6.45) is 6.86. The Morgan fingerprint density at radius 3 is 2.43 bits per heavy atom. The Morgan fingerprint density at radius 1 is 1.36 bits per heavy atom. The molecule has 2 N–H and O–H groups in total. The highest BCUT2D eigenvalue weighted by Gasteiger charge is 2.28. The highest BCUT2D eigenvalue weighted by Crippen LogP contribution is 2.26. The van der Waals surface area contributed by atoms with Crippen molar-refractivity contribution in [2.45, 2.75) is 58.4 Å². The van der Waals surface area contributed by atoms with Gasteiger partial charge in [0.15, 0.2) is 5.78 Å². The molecule has 14 heavy (non-hydrogen) atoms. The molecular formula is C12H23NO. The molecule has 0 heterocycles. The third kappa shape index (κ3) is 2.81. The second kappa shape index (κ2) is 5.50. The van der Waals surface area contributed by atoms with Gasteiger partial charge in [-0.15, -0.1) is 0 Å². The molecule has 2 nitrogen and oxygen atoms in total. The molecule has 2 heteroatoms. The summed E-state index contributed by atoms with van der Waals surface area (Å²) in [7, 11) is 0. The number of hydrogen-bond donors (Lipinski definition) is 1. The maximum absolute atomic E-state index is 12.0. The summed E-state index contributed by atoms with van der Waals surface area (Å²) in [5, 5.41) is 0. The van der Waals surface area contributed by atoms with Crippen LogP contribution in [0.5, 0.6) is 0 Å². The number of carbonyl (C=O) groups is 1. The summed E-state index contributed by atoms with van der Waals surface area (Å²) in [6.45, 7) is 4.17. The van der Waals surface area contributed by atoms with Crippen LogP contribution in [0.15, 0.2) is 0 Å². The zero-order chi connectivity index (χ0) is 10.6. The summed E-state index contributed by atoms with van der Waals surface area (Å²) in [5.41, 5.74) is 5.95. The maximum atomic E-state index is 12.0. The van der Waals surface area contributed by atoms with Gasteiger partial charge in [-0.3, -0.25) is 4.79 Å². The summed E-state index contributed by atoms with van der Waals surface area (Å²) in [6, 6.07) is -0.219. The average molecular weight is 197 g/mol. The second-order valence-corrected chi connectivity index (χ2v) is 4.65. The van der Waals surface area contributed by atoms with Gasteiger partial charge >= 0.3 is 0 Å². The molecule has 1 aliphatic rings. The fraction of sp³-hybridized carbons (Fsp3) is 0.917. The number of nitrogens with two attached hydrogens (primary N) is 1. The first kappa shape index (κ1) is 11.7. The van der Waals surface area contributed by atoms with Crippen LogP contribution in [-0.2, 0) is 4.79 Å². The van der Waals surface area contributed by atoms with Crippen LogP contribution < -0.4 is 5.73 Å². The molecule has 0 radical (unpaired) electrons. The zero-order valence-electron chi connectivity index (χ0n) is 9.46. The molecule has 0 aromatic heterocycles. The van der Waals surface area contributed by atoms with Gasteiger partial charge in [-0.2, -0.15) is 0 Å². The maximum Gasteiger partial charge on any atom is 0.152 e. The quantitative estimate of drug-likeness (QED) is 0.752. The van der Waals surface area contributed by atoms with Crippen molar-refractivity contribution < 1.29 is 4.79 Å². The molecule has 1 aliphatic carbocycles. The molecule has 1 saturated carbocycles. The predicted octanol–water partition coefficient (Wildman–Crippen LogP) is 2.51. The zero-order valence-corrected chi connectivity index (χ0v) is 9.46. The van der Waals surface area contributed by atoms with Gasteiger partial charge in [-0.05, 0) is 18.8 Å². The standard InChI is InChI=1S/C12H23NO/c1-3-9(2)11(13)12(14)10-7-5-4-6-8-10/h9-11H,3-8,13H2,1-2H3. The fourth-order valence-electron chi connectivity index (χ4n) is 2.19. The Morgan fingerprint density at radius 2 is 1.93 bits per heavy atom. The molecule has 1 rings (SSSR count). The van der Waals surface area contributed by atoms with Crippen LogP contribution in [-0.4, -0.2) is 11.8 Å². The van der Waals surface area contributed by atoms with Crippen molar-refractivity contribution in [1.29, 1.82) is 0 Å². The van der Waals surface area contributed by atoms with Crippen molar-refractivity contribution in [3.63, 3.8) is 0 Å². The Hall–Kier alpha value is -0.370. The van der Waals surface area contributed by atoms with Crippen molar-refractivity contribution in [3.8, 4) is 0 Å². The molecular weight excluding hydrogens is 174 g/mol. The molecule has 0 amide bonds. The lowest BCUT2D eigenvalue weighted by Gasteiger charge is -2.25. The summed E-state index contributed by atoms with van der Waals surface area (Å²) >= 11 is 0. The van der Waals surface area contributed by atoms with E-state index in [0.29, 0.717) is 11.7 Å². The molecule has 0 bridgehead atoms. The molecule has 82 valence electrons. The predicted molar refractivity (Wildman–Crippen MR) is 59.0 cm³/mol. The van der Waals surface area contributed by atoms with Gasteiger partial charge in [-0.25, -0.2) is 0 Å². The topological polar surface area (TPSA) is 43.1 Å². The lowest BCUT2D eigenvalue weighted by Crippen LogP contribution is -2.41. The van der Waals surface area contributed by atoms with E-state index in [2.05, 4.69) is 13.8 Å². The minimum atomic E-state index is -0.219. The first-order chi connectivity index (χ1) is 6.66. The molecule has 0 aromatic carbocycles. The number of ketones is 1. The fourth-order valence-corrected chi connectivity index (χ4v) is 2.19. The van der Waals surface area contributed by atoms with Gasteiger partial charge in [0.1, 0.15) is 0 Å². The Labute approximate surface area is 87.2 Å². The Kier molecular flexibility index (Phi) is 4.59. The van der Waals surface area contributed by atoms with E-state index in [4.69, 9.17) is 5.73 Å². The monoisotopic (exact) mass is 197 g/mol. The van der Waals surface area contributed by atoms with Gasteiger partial charge in [-0.1, -0.05) is 39.5 Å². The van der Waals surface area contributed by atoms with Crippen molar-refractivity contribution in [1.82, 2.24) is 0 Å². The first-order valence-electron chi connectivity index (χ1n) is 5.96. The summed E-state index contributed by atoms with van der Waals surface area (Å²) in [5.74, 6) is 0.927. The SMILES string of the molecule is CCC(C)C(N)C(=O)C1CCCCC1. The minimum absolute atomic E-state index is 0.219. The average Bonchev–Trinajstić information content (AvgIpc) is 2.27. The smallest absolute Gasteiger partial charge is 0.152 e. The second-order valence-electron chi connectivity index (χ2n) is 4.65. The van der Waals surface area contributed by atoms with Crippen molar-refractivity contribution >= 4 is 5.78 Å². The van der Waals surface area contributed by atoms with E-state index in [1.54, 1.807) is 0 Å². The van der Waals surface area contributed by atoms with E-state index >= 15 is 0 Å². The molecule has 1 fully saturated rings. The van der Waals surface area contributed by atoms with Gasteiger partial charge in [0, 0.05) is 5.92 Å². The minimum Gasteiger partial charge on any atom is -0.321 e. The van der Waals surface area contributed by atoms with Crippen LogP contribution in [0.2, 0.25) is 0 Å². The summed E-state index contributed by atoms with van der Waals surface area (Å²) < 4.78 is 0. The first-order valence-corrected chi connectivity index (χ1v) is 5.96. The van der Waals surface area contributed by atoms with Crippen LogP contribution in [0.1, 0.15) is 52.4 Å². The van der Waals surface area contributed by atoms with Crippen LogP contribution in [0.4, 0.5) is 0 Å². The van der Waals surface area contributed by atoms with Crippen molar-refractivity contribution in [3.05, 3.63) is 0 Å². The normalized spacial score (nSPS) is 23.1. The van der Waals surface area contributed by atoms with Gasteiger partial charge in [0.05, 0.1) is 6.04 Å². The van der Waals surface area contributed by atoms with E-state index in [0.717, 1.165) is 19.3 Å². The third-order valence-electron chi connectivity index (χ3n) is 3.59. The molecule has 0 aliphatic heterocycles. The van der Waals surface area contributed by atoms with Gasteiger partial charge in [0.25, 0.3) is 0 Å². The molecule has 0 spiro atoms. The Balaban J connectivity index is 2.46. The van der Waals surface area contributed by atoms with E-state index in [1.165, 1.54) is 19.3 Å². The summed E-state index contributed by atoms with van der Waals surface area (Å²) in [4.78, 5) is 12.0. The van der Waals surface area contributed by atoms with Crippen LogP contribution in [0.25, 0.3) is 0 Å². The highest BCUT2D eigenvalue weighted by molar-refractivity contribution is 5.86. The third-order valence-corrected chi connectivity index (χ3v) is 3.59. The molecule has 2 atom stereocenters. The molecule has 0 saturated heterocycles. The van der Waals surface area contributed by atoms with E-state index in [1.807, 2.05) is 0 Å². The number of hydrogen-bond acceptors (Lipinski definition) is 2. The van der Waals surface area contributed by atoms with E-state index < -0.39 is 0 Å². The number of Topliss-reactive ketones (excluding diaryl/α,β-unsaturated/α-hetero) is 1. The van der Waals surface area contributed by atoms with Crippen LogP contribution in [0.3, 0.4) is 0 Å². The van der Waals surface area contributed by atoms with Gasteiger partial charge in [0.2, 0.25) is 0 Å². The number of carbonyl (C=O) groups excluding carboxylic acids is 1. The Bertz CT molecular complexity index is 181. The lowest BCUT2D eigenvalue weighted by atomic mass is 9.81. The highest BCUT2D eigenvalue weighted by atomic mass is 16.1. The van der Waals surface area contributed by atoms with Crippen molar-refractivity contribution in [2.24, 2.45) is 17.6 Å². The van der Waals surface area contributed by atoms with E-state index in [-0.39, 0.29) is 12.0 Å². The van der Waals surface area contributed by atoms with Crippen LogP contribution >= 0.6 is 0 Å².